The van der Waals surface area contributed by atoms with Crippen molar-refractivity contribution >= 4 is 11.8 Å². The van der Waals surface area contributed by atoms with Crippen molar-refractivity contribution < 1.29 is 19.4 Å². The number of Topliss-reactive ketones (excluding diaryl/α,β-unsaturated/α-hetero) is 1. The molecule has 1 N–H and O–H groups in total. The van der Waals surface area contributed by atoms with Crippen LogP contribution in [0.3, 0.4) is 0 Å². The summed E-state index contributed by atoms with van der Waals surface area (Å²) in [6.07, 6.45) is 5.17. The van der Waals surface area contributed by atoms with Gasteiger partial charge in [0.2, 0.25) is 0 Å². The Morgan fingerprint density at radius 3 is 2.57 bits per heavy atom. The van der Waals surface area contributed by atoms with Crippen LogP contribution in [0.5, 0.6) is 0 Å². The summed E-state index contributed by atoms with van der Waals surface area (Å²) in [5, 5.41) is 9.26. The van der Waals surface area contributed by atoms with Gasteiger partial charge >= 0.3 is 5.97 Å². The van der Waals surface area contributed by atoms with Gasteiger partial charge in [-0.2, -0.15) is 0 Å². The van der Waals surface area contributed by atoms with Gasteiger partial charge in [-0.05, 0) is 81.0 Å². The van der Waals surface area contributed by atoms with Crippen LogP contribution < -0.4 is 0 Å². The molecule has 2 saturated heterocycles. The topological polar surface area (TPSA) is 66.8 Å². The van der Waals surface area contributed by atoms with Crippen molar-refractivity contribution in [2.45, 2.75) is 63.5 Å². The van der Waals surface area contributed by atoms with E-state index in [4.69, 9.17) is 4.74 Å². The molecule has 0 aromatic heterocycles. The number of nitrogens with zero attached hydrogens (tertiary/aromatic N) is 1. The van der Waals surface area contributed by atoms with Crippen LogP contribution in [-0.2, 0) is 9.53 Å². The number of aromatic carboxylic acids is 1. The minimum atomic E-state index is -0.865. The van der Waals surface area contributed by atoms with Gasteiger partial charge in [-0.25, -0.2) is 4.79 Å². The number of likely N-dealkylation sites (tertiary alicyclic amines) is 1. The first kappa shape index (κ1) is 19.6. The summed E-state index contributed by atoms with van der Waals surface area (Å²) < 4.78 is 6.25. The van der Waals surface area contributed by atoms with E-state index < -0.39 is 11.6 Å². The number of ketones is 1. The number of benzene rings is 1. The number of piperidine rings is 1. The highest BCUT2D eigenvalue weighted by Crippen LogP contribution is 2.47. The molecule has 4 atom stereocenters. The lowest BCUT2D eigenvalue weighted by atomic mass is 9.79. The fourth-order valence-corrected chi connectivity index (χ4v) is 5.41. The fraction of sp³-hybridized carbons (Fsp3) is 0.652. The molecule has 0 spiro atoms. The lowest BCUT2D eigenvalue weighted by Crippen LogP contribution is -2.54. The monoisotopic (exact) mass is 385 g/mol. The second kappa shape index (κ2) is 7.60. The summed E-state index contributed by atoms with van der Waals surface area (Å²) in [5.74, 6) is 0.635. The Balaban J connectivity index is 1.38. The van der Waals surface area contributed by atoms with Crippen molar-refractivity contribution in [1.29, 1.82) is 0 Å². The van der Waals surface area contributed by atoms with Gasteiger partial charge in [-0.1, -0.05) is 19.1 Å². The Bertz CT molecular complexity index is 749. The molecule has 3 unspecified atom stereocenters. The maximum absolute atomic E-state index is 12.2. The standard InChI is InChI=1S/C23H31NO4/c1-15-13-24(11-9-21(15)17-4-3-5-18(12-17)22(26)27)20-8-10-23(16(2)25,28-14-20)19-6-7-19/h3-5,12,15,19-21H,6-11,13-14H2,1-2H3,(H,26,27)/t15?,20?,21-,23?/m0/s1. The smallest absolute Gasteiger partial charge is 0.335 e. The van der Waals surface area contributed by atoms with Gasteiger partial charge in [-0.3, -0.25) is 9.69 Å². The predicted molar refractivity (Wildman–Crippen MR) is 107 cm³/mol. The average molecular weight is 386 g/mol. The summed E-state index contributed by atoms with van der Waals surface area (Å²) in [6, 6.07) is 7.79. The highest BCUT2D eigenvalue weighted by molar-refractivity contribution is 5.87. The lowest BCUT2D eigenvalue weighted by Gasteiger charge is -2.46. The second-order valence-electron chi connectivity index (χ2n) is 9.02. The number of hydrogen-bond acceptors (Lipinski definition) is 4. The molecule has 0 amide bonds. The lowest BCUT2D eigenvalue weighted by molar-refractivity contribution is -0.161. The SMILES string of the molecule is CC(=O)C1(C2CC2)CCC(N2CC[C@H](c3cccc(C(=O)O)c3)C(C)C2)CO1. The highest BCUT2D eigenvalue weighted by atomic mass is 16.5. The molecule has 0 radical (unpaired) electrons. The molecule has 3 fully saturated rings. The van der Waals surface area contributed by atoms with Crippen LogP contribution in [0.2, 0.25) is 0 Å². The first-order valence-corrected chi connectivity index (χ1v) is 10.6. The molecule has 2 aliphatic heterocycles. The number of ether oxygens (including phenoxy) is 1. The van der Waals surface area contributed by atoms with Gasteiger partial charge in [-0.15, -0.1) is 0 Å². The zero-order chi connectivity index (χ0) is 19.9. The maximum atomic E-state index is 12.2. The number of carboxylic acids is 1. The molecule has 28 heavy (non-hydrogen) atoms. The number of hydrogen-bond donors (Lipinski definition) is 1. The Labute approximate surface area is 167 Å². The Hall–Kier alpha value is -1.72. The molecule has 0 bridgehead atoms. The van der Waals surface area contributed by atoms with Crippen LogP contribution >= 0.6 is 0 Å². The van der Waals surface area contributed by atoms with Crippen LogP contribution in [-0.4, -0.2) is 53.1 Å². The molecule has 1 saturated carbocycles. The second-order valence-corrected chi connectivity index (χ2v) is 9.02. The van der Waals surface area contributed by atoms with E-state index in [1.807, 2.05) is 12.1 Å². The molecule has 4 rings (SSSR count). The van der Waals surface area contributed by atoms with Gasteiger partial charge in [0, 0.05) is 12.6 Å². The third kappa shape index (κ3) is 3.62. The molecule has 1 aromatic carbocycles. The zero-order valence-electron chi connectivity index (χ0n) is 16.9. The third-order valence-electron chi connectivity index (χ3n) is 7.23. The molecule has 2 heterocycles. The largest absolute Gasteiger partial charge is 0.478 e. The normalized spacial score (nSPS) is 34.1. The first-order chi connectivity index (χ1) is 13.4. The van der Waals surface area contributed by atoms with E-state index in [2.05, 4.69) is 17.9 Å². The Morgan fingerprint density at radius 1 is 1.21 bits per heavy atom. The highest BCUT2D eigenvalue weighted by Gasteiger charge is 2.52. The molecular formula is C23H31NO4. The molecule has 5 heteroatoms. The van der Waals surface area contributed by atoms with Crippen LogP contribution in [0, 0.1) is 11.8 Å². The van der Waals surface area contributed by atoms with Crippen molar-refractivity contribution in [2.75, 3.05) is 19.7 Å². The molecule has 5 nitrogen and oxygen atoms in total. The summed E-state index contributed by atoms with van der Waals surface area (Å²) in [6.45, 7) is 6.60. The van der Waals surface area contributed by atoms with Gasteiger partial charge < -0.3 is 9.84 Å². The van der Waals surface area contributed by atoms with E-state index >= 15 is 0 Å². The Kier molecular flexibility index (Phi) is 5.32. The maximum Gasteiger partial charge on any atom is 0.335 e. The quantitative estimate of drug-likeness (QED) is 0.837. The summed E-state index contributed by atoms with van der Waals surface area (Å²) >= 11 is 0. The van der Waals surface area contributed by atoms with Gasteiger partial charge in [0.05, 0.1) is 12.2 Å². The van der Waals surface area contributed by atoms with Gasteiger partial charge in [0.1, 0.15) is 5.60 Å². The summed E-state index contributed by atoms with van der Waals surface area (Å²) in [4.78, 5) is 26.0. The molecule has 1 aliphatic carbocycles. The number of rotatable bonds is 5. The molecular weight excluding hydrogens is 354 g/mol. The van der Waals surface area contributed by atoms with E-state index in [0.29, 0.717) is 36.0 Å². The van der Waals surface area contributed by atoms with Crippen LogP contribution in [0.1, 0.15) is 67.8 Å². The van der Waals surface area contributed by atoms with Crippen LogP contribution in [0.25, 0.3) is 0 Å². The third-order valence-corrected chi connectivity index (χ3v) is 7.23. The van der Waals surface area contributed by atoms with Crippen LogP contribution in [0.4, 0.5) is 0 Å². The van der Waals surface area contributed by atoms with E-state index in [0.717, 1.165) is 50.8 Å². The van der Waals surface area contributed by atoms with E-state index in [9.17, 15) is 14.7 Å². The van der Waals surface area contributed by atoms with Gasteiger partial charge in [0.15, 0.2) is 5.78 Å². The predicted octanol–water partition coefficient (Wildman–Crippen LogP) is 3.73. The first-order valence-electron chi connectivity index (χ1n) is 10.6. The van der Waals surface area contributed by atoms with Crippen LogP contribution in [0.15, 0.2) is 24.3 Å². The Morgan fingerprint density at radius 2 is 2.00 bits per heavy atom. The molecule has 1 aromatic rings. The fourth-order valence-electron chi connectivity index (χ4n) is 5.41. The van der Waals surface area contributed by atoms with E-state index in [1.54, 1.807) is 13.0 Å². The van der Waals surface area contributed by atoms with Crippen molar-refractivity contribution in [1.82, 2.24) is 4.90 Å². The van der Waals surface area contributed by atoms with Crippen molar-refractivity contribution in [3.8, 4) is 0 Å². The average Bonchev–Trinajstić information content (AvgIpc) is 3.53. The summed E-state index contributed by atoms with van der Waals surface area (Å²) in [7, 11) is 0. The van der Waals surface area contributed by atoms with E-state index in [-0.39, 0.29) is 5.78 Å². The van der Waals surface area contributed by atoms with Gasteiger partial charge in [0.25, 0.3) is 0 Å². The number of carbonyl (C=O) groups excluding carboxylic acids is 1. The number of carbonyl (C=O) groups is 2. The van der Waals surface area contributed by atoms with E-state index in [1.165, 1.54) is 0 Å². The van der Waals surface area contributed by atoms with Crippen molar-refractivity contribution in [2.24, 2.45) is 11.8 Å². The minimum absolute atomic E-state index is 0.207. The summed E-state index contributed by atoms with van der Waals surface area (Å²) in [5.41, 5.74) is 1.00. The minimum Gasteiger partial charge on any atom is -0.478 e. The number of carboxylic acid groups (broad SMARTS) is 1. The molecule has 3 aliphatic rings. The van der Waals surface area contributed by atoms with Crippen molar-refractivity contribution in [3.05, 3.63) is 35.4 Å². The molecule has 152 valence electrons. The zero-order valence-corrected chi connectivity index (χ0v) is 16.9. The van der Waals surface area contributed by atoms with Crippen molar-refractivity contribution in [3.63, 3.8) is 0 Å².